The normalized spacial score (nSPS) is 10.8. The third-order valence-electron chi connectivity index (χ3n) is 2.65. The van der Waals surface area contributed by atoms with E-state index in [4.69, 9.17) is 5.73 Å². The van der Waals surface area contributed by atoms with E-state index in [0.717, 1.165) is 15.7 Å². The summed E-state index contributed by atoms with van der Waals surface area (Å²) in [6.07, 6.45) is 0. The highest BCUT2D eigenvalue weighted by molar-refractivity contribution is 9.10. The van der Waals surface area contributed by atoms with Gasteiger partial charge in [0.15, 0.2) is 0 Å². The Morgan fingerprint density at radius 2 is 2.12 bits per heavy atom. The fourth-order valence-corrected chi connectivity index (χ4v) is 1.96. The largest absolute Gasteiger partial charge is 0.383 e. The molecule has 0 aliphatic carbocycles. The number of hydrogen-bond donors (Lipinski definition) is 1. The maximum Gasteiger partial charge on any atom is 0.136 e. The standard InChI is InChI=1S/C12H13BrFN3/c1-7-5-9(3-4-10(7)14)6-17-12(15)11(13)8(2)16-17/h3-5H,6,15H2,1-2H3. The molecule has 2 N–H and O–H groups in total. The molecule has 0 aliphatic heterocycles. The third-order valence-corrected chi connectivity index (χ3v) is 3.63. The van der Waals surface area contributed by atoms with E-state index >= 15 is 0 Å². The predicted octanol–water partition coefficient (Wildman–Crippen LogP) is 3.03. The molecule has 3 nitrogen and oxygen atoms in total. The number of benzene rings is 1. The Labute approximate surface area is 108 Å². The fraction of sp³-hybridized carbons (Fsp3) is 0.250. The van der Waals surface area contributed by atoms with E-state index in [1.807, 2.05) is 6.92 Å². The van der Waals surface area contributed by atoms with E-state index in [-0.39, 0.29) is 5.82 Å². The van der Waals surface area contributed by atoms with Crippen molar-refractivity contribution >= 4 is 21.7 Å². The smallest absolute Gasteiger partial charge is 0.136 e. The topological polar surface area (TPSA) is 43.8 Å². The van der Waals surface area contributed by atoms with Crippen molar-refractivity contribution in [2.24, 2.45) is 0 Å². The first kappa shape index (κ1) is 12.1. The third kappa shape index (κ3) is 2.34. The maximum absolute atomic E-state index is 13.1. The number of nitrogen functional groups attached to an aromatic ring is 1. The van der Waals surface area contributed by atoms with Crippen LogP contribution in [0.2, 0.25) is 0 Å². The van der Waals surface area contributed by atoms with Gasteiger partial charge in [-0.25, -0.2) is 9.07 Å². The molecule has 2 rings (SSSR count). The van der Waals surface area contributed by atoms with E-state index in [1.165, 1.54) is 6.07 Å². The molecule has 1 heterocycles. The van der Waals surface area contributed by atoms with Gasteiger partial charge in [-0.1, -0.05) is 12.1 Å². The molecule has 0 bridgehead atoms. The number of nitrogens with zero attached hydrogens (tertiary/aromatic N) is 2. The molecule has 0 amide bonds. The lowest BCUT2D eigenvalue weighted by atomic mass is 10.1. The summed E-state index contributed by atoms with van der Waals surface area (Å²) in [6.45, 7) is 4.17. The first-order chi connectivity index (χ1) is 7.99. The highest BCUT2D eigenvalue weighted by atomic mass is 79.9. The molecule has 1 aromatic heterocycles. The van der Waals surface area contributed by atoms with Gasteiger partial charge in [0.05, 0.1) is 16.7 Å². The summed E-state index contributed by atoms with van der Waals surface area (Å²) in [5.41, 5.74) is 8.35. The Kier molecular flexibility index (Phi) is 3.19. The van der Waals surface area contributed by atoms with Crippen LogP contribution < -0.4 is 5.73 Å². The lowest BCUT2D eigenvalue weighted by molar-refractivity contribution is 0.615. The summed E-state index contributed by atoms with van der Waals surface area (Å²) in [5.74, 6) is 0.393. The average Bonchev–Trinajstić information content (AvgIpc) is 2.52. The monoisotopic (exact) mass is 297 g/mol. The Balaban J connectivity index is 2.31. The minimum Gasteiger partial charge on any atom is -0.383 e. The van der Waals surface area contributed by atoms with Crippen molar-refractivity contribution in [1.29, 1.82) is 0 Å². The van der Waals surface area contributed by atoms with Crippen LogP contribution in [0.25, 0.3) is 0 Å². The molecule has 17 heavy (non-hydrogen) atoms. The summed E-state index contributed by atoms with van der Waals surface area (Å²) in [5, 5.41) is 4.31. The van der Waals surface area contributed by atoms with E-state index in [9.17, 15) is 4.39 Å². The van der Waals surface area contributed by atoms with Crippen molar-refractivity contribution < 1.29 is 4.39 Å². The fourth-order valence-electron chi connectivity index (χ4n) is 1.68. The van der Waals surface area contributed by atoms with Crippen molar-refractivity contribution in [3.63, 3.8) is 0 Å². The van der Waals surface area contributed by atoms with E-state index < -0.39 is 0 Å². The molecule has 0 saturated carbocycles. The van der Waals surface area contributed by atoms with Gasteiger partial charge in [-0.15, -0.1) is 0 Å². The first-order valence-electron chi connectivity index (χ1n) is 5.22. The number of rotatable bonds is 2. The van der Waals surface area contributed by atoms with E-state index in [2.05, 4.69) is 21.0 Å². The number of nitrogens with two attached hydrogens (primary N) is 1. The van der Waals surface area contributed by atoms with Gasteiger partial charge in [-0.2, -0.15) is 5.10 Å². The number of aryl methyl sites for hydroxylation is 2. The van der Waals surface area contributed by atoms with Gasteiger partial charge in [0.25, 0.3) is 0 Å². The predicted molar refractivity (Wildman–Crippen MR) is 69.3 cm³/mol. The van der Waals surface area contributed by atoms with Gasteiger partial charge in [-0.3, -0.25) is 0 Å². The van der Waals surface area contributed by atoms with Crippen LogP contribution in [0.3, 0.4) is 0 Å². The lowest BCUT2D eigenvalue weighted by Crippen LogP contribution is -2.06. The SMILES string of the molecule is Cc1cc(Cn2nc(C)c(Br)c2N)ccc1F. The number of halogens is 2. The van der Waals surface area contributed by atoms with Crippen molar-refractivity contribution in [3.05, 3.63) is 45.3 Å². The Morgan fingerprint density at radius 3 is 2.65 bits per heavy atom. The molecule has 0 unspecified atom stereocenters. The van der Waals surface area contributed by atoms with Gasteiger partial charge < -0.3 is 5.73 Å². The molecule has 0 radical (unpaired) electrons. The molecule has 2 aromatic rings. The quantitative estimate of drug-likeness (QED) is 0.926. The Morgan fingerprint density at radius 1 is 1.41 bits per heavy atom. The second-order valence-electron chi connectivity index (χ2n) is 4.03. The lowest BCUT2D eigenvalue weighted by Gasteiger charge is -2.06. The van der Waals surface area contributed by atoms with Gasteiger partial charge in [0.2, 0.25) is 0 Å². The van der Waals surface area contributed by atoms with Crippen molar-refractivity contribution in [3.8, 4) is 0 Å². The second-order valence-corrected chi connectivity index (χ2v) is 4.82. The summed E-state index contributed by atoms with van der Waals surface area (Å²) in [4.78, 5) is 0. The van der Waals surface area contributed by atoms with E-state index in [0.29, 0.717) is 17.9 Å². The van der Waals surface area contributed by atoms with Crippen molar-refractivity contribution in [2.45, 2.75) is 20.4 Å². The zero-order valence-corrected chi connectivity index (χ0v) is 11.3. The molecule has 0 aliphatic rings. The molecule has 1 aromatic carbocycles. The highest BCUT2D eigenvalue weighted by Gasteiger charge is 2.10. The summed E-state index contributed by atoms with van der Waals surface area (Å²) in [7, 11) is 0. The second kappa shape index (κ2) is 4.49. The van der Waals surface area contributed by atoms with Gasteiger partial charge in [-0.05, 0) is 47.0 Å². The maximum atomic E-state index is 13.1. The van der Waals surface area contributed by atoms with Gasteiger partial charge in [0.1, 0.15) is 11.6 Å². The Bertz CT molecular complexity index is 563. The van der Waals surface area contributed by atoms with Crippen LogP contribution in [-0.2, 0) is 6.54 Å². The summed E-state index contributed by atoms with van der Waals surface area (Å²) in [6, 6.07) is 5.01. The average molecular weight is 298 g/mol. The zero-order valence-electron chi connectivity index (χ0n) is 9.67. The zero-order chi connectivity index (χ0) is 12.6. The van der Waals surface area contributed by atoms with Gasteiger partial charge >= 0.3 is 0 Å². The van der Waals surface area contributed by atoms with Crippen LogP contribution in [0.1, 0.15) is 16.8 Å². The molecular weight excluding hydrogens is 285 g/mol. The van der Waals surface area contributed by atoms with E-state index in [1.54, 1.807) is 23.7 Å². The molecule has 0 spiro atoms. The highest BCUT2D eigenvalue weighted by Crippen LogP contribution is 2.23. The van der Waals surface area contributed by atoms with Gasteiger partial charge in [0, 0.05) is 0 Å². The number of aromatic nitrogens is 2. The van der Waals surface area contributed by atoms with Crippen LogP contribution >= 0.6 is 15.9 Å². The van der Waals surface area contributed by atoms with Crippen LogP contribution in [-0.4, -0.2) is 9.78 Å². The minimum atomic E-state index is -0.195. The molecule has 0 atom stereocenters. The van der Waals surface area contributed by atoms with Crippen molar-refractivity contribution in [1.82, 2.24) is 9.78 Å². The van der Waals surface area contributed by atoms with Crippen molar-refractivity contribution in [2.75, 3.05) is 5.73 Å². The van der Waals surface area contributed by atoms with Crippen LogP contribution in [0.5, 0.6) is 0 Å². The van der Waals surface area contributed by atoms with Crippen LogP contribution in [0.4, 0.5) is 10.2 Å². The molecule has 5 heteroatoms. The number of anilines is 1. The Hall–Kier alpha value is -1.36. The molecule has 90 valence electrons. The molecule has 0 saturated heterocycles. The van der Waals surface area contributed by atoms with Crippen LogP contribution in [0.15, 0.2) is 22.7 Å². The molecular formula is C12H13BrFN3. The minimum absolute atomic E-state index is 0.195. The number of hydrogen-bond acceptors (Lipinski definition) is 2. The molecule has 0 fully saturated rings. The first-order valence-corrected chi connectivity index (χ1v) is 6.01. The van der Waals surface area contributed by atoms with Crippen LogP contribution in [0, 0.1) is 19.7 Å². The summed E-state index contributed by atoms with van der Waals surface area (Å²) >= 11 is 3.37. The summed E-state index contributed by atoms with van der Waals surface area (Å²) < 4.78 is 15.6.